The molecule has 2 heteroatoms. The standard InChI is InChI=1S/C29H48O2/c1-17(2)18(3)14-25(30)19(4)22-8-9-23-21-15-26(31-7)29-16-20(29)10-13-28(29,6)24(21)11-12-27(22,23)5/h19-26,30H,8-16H2,1-7H3/t19-,20+,21-,22+,23-,24-,25+,26+,27+,28+,29-/m0/s1. The molecule has 0 amide bonds. The van der Waals surface area contributed by atoms with Crippen molar-refractivity contribution in [1.82, 2.24) is 0 Å². The second kappa shape index (κ2) is 7.33. The van der Waals surface area contributed by atoms with Crippen molar-refractivity contribution in [3.05, 3.63) is 11.1 Å². The van der Waals surface area contributed by atoms with Crippen molar-refractivity contribution >= 4 is 0 Å². The zero-order valence-corrected chi connectivity index (χ0v) is 21.3. The summed E-state index contributed by atoms with van der Waals surface area (Å²) in [5.41, 5.74) is 4.19. The number of fused-ring (bicyclic) bond motifs is 4. The highest BCUT2D eigenvalue weighted by Gasteiger charge is 2.77. The van der Waals surface area contributed by atoms with Crippen molar-refractivity contribution in [3.63, 3.8) is 0 Å². The van der Waals surface area contributed by atoms with E-state index in [0.29, 0.717) is 34.2 Å². The Kier molecular flexibility index (Phi) is 5.31. The molecule has 0 aliphatic heterocycles. The lowest BCUT2D eigenvalue weighted by molar-refractivity contribution is -0.162. The Labute approximate surface area is 191 Å². The summed E-state index contributed by atoms with van der Waals surface area (Å²) in [4.78, 5) is 0. The molecule has 0 unspecified atom stereocenters. The van der Waals surface area contributed by atoms with E-state index in [1.807, 2.05) is 7.11 Å². The van der Waals surface area contributed by atoms with E-state index in [1.165, 1.54) is 62.5 Å². The molecule has 5 rings (SSSR count). The minimum absolute atomic E-state index is 0.200. The van der Waals surface area contributed by atoms with Crippen LogP contribution in [-0.2, 0) is 4.74 Å². The van der Waals surface area contributed by atoms with Crippen molar-refractivity contribution in [2.45, 2.75) is 112 Å². The van der Waals surface area contributed by atoms with E-state index in [0.717, 1.165) is 30.1 Å². The molecule has 0 radical (unpaired) electrons. The Hall–Kier alpha value is -0.340. The number of aliphatic hydroxyl groups excluding tert-OH is 1. The maximum atomic E-state index is 11.2. The molecule has 5 aliphatic rings. The smallest absolute Gasteiger partial charge is 0.0638 e. The molecular formula is C29H48O2. The normalized spacial score (nSPS) is 51.9. The van der Waals surface area contributed by atoms with Crippen molar-refractivity contribution in [2.24, 2.45) is 51.8 Å². The van der Waals surface area contributed by atoms with Gasteiger partial charge in [-0.3, -0.25) is 0 Å². The first-order valence-electron chi connectivity index (χ1n) is 13.4. The Bertz CT molecular complexity index is 752. The summed E-state index contributed by atoms with van der Waals surface area (Å²) in [6.07, 6.45) is 12.3. The Morgan fingerprint density at radius 2 is 1.77 bits per heavy atom. The molecular weight excluding hydrogens is 380 g/mol. The summed E-state index contributed by atoms with van der Waals surface area (Å²) < 4.78 is 6.28. The molecule has 31 heavy (non-hydrogen) atoms. The first kappa shape index (κ1) is 22.5. The Morgan fingerprint density at radius 3 is 2.42 bits per heavy atom. The monoisotopic (exact) mass is 428 g/mol. The van der Waals surface area contributed by atoms with Gasteiger partial charge in [-0.05, 0) is 125 Å². The lowest BCUT2D eigenvalue weighted by atomic mass is 9.45. The molecule has 0 aromatic rings. The number of rotatable bonds is 5. The molecule has 0 heterocycles. The fourth-order valence-electron chi connectivity index (χ4n) is 10.5. The summed E-state index contributed by atoms with van der Waals surface area (Å²) in [5.74, 6) is 4.61. The summed E-state index contributed by atoms with van der Waals surface area (Å²) in [6.45, 7) is 14.2. The van der Waals surface area contributed by atoms with Crippen LogP contribution in [-0.4, -0.2) is 24.4 Å². The lowest BCUT2D eigenvalue weighted by Crippen LogP contribution is -2.57. The first-order valence-corrected chi connectivity index (χ1v) is 13.4. The molecule has 5 saturated carbocycles. The molecule has 0 saturated heterocycles. The third-order valence-corrected chi connectivity index (χ3v) is 12.5. The van der Waals surface area contributed by atoms with Crippen LogP contribution < -0.4 is 0 Å². The third-order valence-electron chi connectivity index (χ3n) is 12.5. The fourth-order valence-corrected chi connectivity index (χ4v) is 10.5. The zero-order valence-electron chi connectivity index (χ0n) is 21.3. The number of methoxy groups -OCH3 is 1. The van der Waals surface area contributed by atoms with Crippen LogP contribution in [0.3, 0.4) is 0 Å². The van der Waals surface area contributed by atoms with Gasteiger partial charge in [0.25, 0.3) is 0 Å². The predicted octanol–water partition coefficient (Wildman–Crippen LogP) is 7.01. The summed E-state index contributed by atoms with van der Waals surface area (Å²) >= 11 is 0. The van der Waals surface area contributed by atoms with Gasteiger partial charge >= 0.3 is 0 Å². The summed E-state index contributed by atoms with van der Waals surface area (Å²) in [5, 5.41) is 11.2. The first-order chi connectivity index (χ1) is 14.6. The molecule has 176 valence electrons. The maximum absolute atomic E-state index is 11.2. The highest BCUT2D eigenvalue weighted by Crippen LogP contribution is 2.82. The van der Waals surface area contributed by atoms with Gasteiger partial charge in [-0.2, -0.15) is 0 Å². The van der Waals surface area contributed by atoms with Crippen LogP contribution in [0.4, 0.5) is 0 Å². The average Bonchev–Trinajstić information content (AvgIpc) is 3.24. The molecule has 5 aliphatic carbocycles. The molecule has 1 spiro atoms. The highest BCUT2D eigenvalue weighted by molar-refractivity contribution is 5.26. The van der Waals surface area contributed by atoms with Gasteiger partial charge in [0, 0.05) is 12.5 Å². The van der Waals surface area contributed by atoms with Crippen LogP contribution in [0.25, 0.3) is 0 Å². The molecule has 0 bridgehead atoms. The second-order valence-electron chi connectivity index (χ2n) is 13.4. The number of hydrogen-bond donors (Lipinski definition) is 1. The Morgan fingerprint density at radius 1 is 1.03 bits per heavy atom. The fraction of sp³-hybridized carbons (Fsp3) is 0.931. The quantitative estimate of drug-likeness (QED) is 0.477. The van der Waals surface area contributed by atoms with Gasteiger partial charge in [0.15, 0.2) is 0 Å². The number of hydrogen-bond acceptors (Lipinski definition) is 2. The van der Waals surface area contributed by atoms with Crippen molar-refractivity contribution in [2.75, 3.05) is 7.11 Å². The van der Waals surface area contributed by atoms with E-state index < -0.39 is 0 Å². The summed E-state index contributed by atoms with van der Waals surface area (Å²) in [7, 11) is 2.00. The molecule has 2 nitrogen and oxygen atoms in total. The van der Waals surface area contributed by atoms with E-state index >= 15 is 0 Å². The number of ether oxygens (including phenoxy) is 1. The van der Waals surface area contributed by atoms with Gasteiger partial charge in [-0.1, -0.05) is 31.9 Å². The van der Waals surface area contributed by atoms with Crippen LogP contribution in [0.5, 0.6) is 0 Å². The summed E-state index contributed by atoms with van der Waals surface area (Å²) in [6, 6.07) is 0. The molecule has 5 fully saturated rings. The predicted molar refractivity (Wildman–Crippen MR) is 128 cm³/mol. The van der Waals surface area contributed by atoms with Crippen molar-refractivity contribution in [3.8, 4) is 0 Å². The van der Waals surface area contributed by atoms with Crippen LogP contribution in [0.2, 0.25) is 0 Å². The molecule has 1 N–H and O–H groups in total. The van der Waals surface area contributed by atoms with Crippen LogP contribution in [0.1, 0.15) is 99.3 Å². The van der Waals surface area contributed by atoms with Crippen molar-refractivity contribution < 1.29 is 9.84 Å². The molecule has 11 atom stereocenters. The SMILES string of the molecule is CO[C@@H]1C[C@H]2[C@@H]3CC[C@H]([C@H](C)[C@H](O)CC(C)=C(C)C)[C@@]3(C)CC[C@@H]2[C@@]2(C)CC[C@@H]3C[C@]312. The maximum Gasteiger partial charge on any atom is 0.0638 e. The van der Waals surface area contributed by atoms with E-state index in [2.05, 4.69) is 41.5 Å². The van der Waals surface area contributed by atoms with Gasteiger partial charge in [-0.25, -0.2) is 0 Å². The zero-order chi connectivity index (χ0) is 22.3. The second-order valence-corrected chi connectivity index (χ2v) is 13.4. The number of allylic oxidation sites excluding steroid dienone is 1. The minimum atomic E-state index is -0.200. The van der Waals surface area contributed by atoms with Gasteiger partial charge in [0.2, 0.25) is 0 Å². The number of aliphatic hydroxyl groups is 1. The van der Waals surface area contributed by atoms with Crippen LogP contribution in [0.15, 0.2) is 11.1 Å². The van der Waals surface area contributed by atoms with Crippen molar-refractivity contribution in [1.29, 1.82) is 0 Å². The Balaban J connectivity index is 1.38. The minimum Gasteiger partial charge on any atom is -0.393 e. The van der Waals surface area contributed by atoms with Crippen LogP contribution >= 0.6 is 0 Å². The highest BCUT2D eigenvalue weighted by atomic mass is 16.5. The van der Waals surface area contributed by atoms with E-state index in [9.17, 15) is 5.11 Å². The van der Waals surface area contributed by atoms with E-state index in [1.54, 1.807) is 0 Å². The molecule has 0 aromatic heterocycles. The average molecular weight is 429 g/mol. The lowest BCUT2D eigenvalue weighted by Gasteiger charge is -2.61. The van der Waals surface area contributed by atoms with Gasteiger partial charge in [0.05, 0.1) is 12.2 Å². The third kappa shape index (κ3) is 2.89. The largest absolute Gasteiger partial charge is 0.393 e. The van der Waals surface area contributed by atoms with Gasteiger partial charge < -0.3 is 9.84 Å². The van der Waals surface area contributed by atoms with Crippen LogP contribution in [0, 0.1) is 51.8 Å². The van der Waals surface area contributed by atoms with E-state index in [4.69, 9.17) is 4.74 Å². The molecule has 0 aromatic carbocycles. The van der Waals surface area contributed by atoms with Gasteiger partial charge in [0.1, 0.15) is 0 Å². The van der Waals surface area contributed by atoms with E-state index in [-0.39, 0.29) is 6.10 Å². The topological polar surface area (TPSA) is 29.5 Å². The van der Waals surface area contributed by atoms with Gasteiger partial charge in [-0.15, -0.1) is 0 Å².